The van der Waals surface area contributed by atoms with Crippen LogP contribution in [-0.4, -0.2) is 24.5 Å². The zero-order valence-corrected chi connectivity index (χ0v) is 11.0. The fourth-order valence-corrected chi connectivity index (χ4v) is 2.38. The first-order valence-corrected chi connectivity index (χ1v) is 6.43. The second-order valence-corrected chi connectivity index (χ2v) is 5.03. The SMILES string of the molecule is CC1=CCN(C(CN)c2ccc(Cl)cc2)CC1. The van der Waals surface area contributed by atoms with Crippen molar-refractivity contribution >= 4 is 11.6 Å². The van der Waals surface area contributed by atoms with E-state index in [4.69, 9.17) is 17.3 Å². The fraction of sp³-hybridized carbons (Fsp3) is 0.429. The van der Waals surface area contributed by atoms with Gasteiger partial charge in [0.1, 0.15) is 0 Å². The highest BCUT2D eigenvalue weighted by Gasteiger charge is 2.20. The average molecular weight is 251 g/mol. The molecule has 0 amide bonds. The Hall–Kier alpha value is -0.830. The summed E-state index contributed by atoms with van der Waals surface area (Å²) in [6.45, 7) is 4.93. The zero-order valence-electron chi connectivity index (χ0n) is 10.2. The van der Waals surface area contributed by atoms with E-state index in [1.165, 1.54) is 11.1 Å². The Balaban J connectivity index is 2.13. The molecule has 1 aromatic carbocycles. The van der Waals surface area contributed by atoms with Crippen LogP contribution in [0, 0.1) is 0 Å². The number of rotatable bonds is 3. The van der Waals surface area contributed by atoms with Gasteiger partial charge >= 0.3 is 0 Å². The maximum absolute atomic E-state index is 5.91. The summed E-state index contributed by atoms with van der Waals surface area (Å²) < 4.78 is 0. The minimum atomic E-state index is 0.302. The summed E-state index contributed by atoms with van der Waals surface area (Å²) in [7, 11) is 0. The van der Waals surface area contributed by atoms with Gasteiger partial charge in [0.15, 0.2) is 0 Å². The fourth-order valence-electron chi connectivity index (χ4n) is 2.25. The first-order chi connectivity index (χ1) is 8.20. The minimum Gasteiger partial charge on any atom is -0.329 e. The van der Waals surface area contributed by atoms with E-state index in [1.807, 2.05) is 12.1 Å². The van der Waals surface area contributed by atoms with Crippen LogP contribution in [0.2, 0.25) is 5.02 Å². The number of hydrogen-bond acceptors (Lipinski definition) is 2. The van der Waals surface area contributed by atoms with Crippen LogP contribution in [0.1, 0.15) is 24.9 Å². The Kier molecular flexibility index (Phi) is 4.21. The molecule has 1 aliphatic heterocycles. The van der Waals surface area contributed by atoms with E-state index in [2.05, 4.69) is 30.0 Å². The van der Waals surface area contributed by atoms with Gasteiger partial charge < -0.3 is 5.73 Å². The van der Waals surface area contributed by atoms with Crippen LogP contribution in [-0.2, 0) is 0 Å². The number of benzene rings is 1. The summed E-state index contributed by atoms with van der Waals surface area (Å²) in [4.78, 5) is 2.43. The second kappa shape index (κ2) is 5.67. The normalized spacial score (nSPS) is 18.9. The molecule has 2 nitrogen and oxygen atoms in total. The third-order valence-electron chi connectivity index (χ3n) is 3.39. The molecule has 1 atom stereocenters. The molecule has 2 rings (SSSR count). The highest BCUT2D eigenvalue weighted by atomic mass is 35.5. The molecule has 0 fully saturated rings. The van der Waals surface area contributed by atoms with Gasteiger partial charge in [0.25, 0.3) is 0 Å². The van der Waals surface area contributed by atoms with Crippen molar-refractivity contribution in [1.29, 1.82) is 0 Å². The Bertz CT molecular complexity index is 397. The Morgan fingerprint density at radius 3 is 2.59 bits per heavy atom. The molecule has 1 aliphatic rings. The molecule has 0 bridgehead atoms. The monoisotopic (exact) mass is 250 g/mol. The molecule has 0 saturated carbocycles. The van der Waals surface area contributed by atoms with E-state index in [-0.39, 0.29) is 0 Å². The highest BCUT2D eigenvalue weighted by Crippen LogP contribution is 2.24. The van der Waals surface area contributed by atoms with Crippen molar-refractivity contribution < 1.29 is 0 Å². The second-order valence-electron chi connectivity index (χ2n) is 4.60. The van der Waals surface area contributed by atoms with Gasteiger partial charge in [0, 0.05) is 30.7 Å². The number of halogens is 1. The van der Waals surface area contributed by atoms with E-state index in [0.29, 0.717) is 12.6 Å². The summed E-state index contributed by atoms with van der Waals surface area (Å²) in [5.74, 6) is 0. The van der Waals surface area contributed by atoms with Gasteiger partial charge in [-0.05, 0) is 31.0 Å². The lowest BCUT2D eigenvalue weighted by Gasteiger charge is -2.33. The summed E-state index contributed by atoms with van der Waals surface area (Å²) in [5.41, 5.74) is 8.65. The van der Waals surface area contributed by atoms with Crippen molar-refractivity contribution in [2.24, 2.45) is 5.73 Å². The maximum atomic E-state index is 5.91. The topological polar surface area (TPSA) is 29.3 Å². The third-order valence-corrected chi connectivity index (χ3v) is 3.64. The summed E-state index contributed by atoms with van der Waals surface area (Å²) in [5, 5.41) is 0.777. The summed E-state index contributed by atoms with van der Waals surface area (Å²) >= 11 is 5.91. The first-order valence-electron chi connectivity index (χ1n) is 6.06. The van der Waals surface area contributed by atoms with Crippen molar-refractivity contribution in [2.75, 3.05) is 19.6 Å². The smallest absolute Gasteiger partial charge is 0.0473 e. The number of hydrogen-bond donors (Lipinski definition) is 1. The summed E-state index contributed by atoms with van der Waals surface area (Å²) in [6.07, 6.45) is 3.44. The molecular formula is C14H19ClN2. The number of nitrogens with zero attached hydrogens (tertiary/aromatic N) is 1. The Morgan fingerprint density at radius 2 is 2.06 bits per heavy atom. The van der Waals surface area contributed by atoms with Crippen molar-refractivity contribution in [3.63, 3.8) is 0 Å². The van der Waals surface area contributed by atoms with Crippen molar-refractivity contribution in [3.05, 3.63) is 46.5 Å². The third kappa shape index (κ3) is 3.09. The van der Waals surface area contributed by atoms with Crippen molar-refractivity contribution in [1.82, 2.24) is 4.90 Å². The van der Waals surface area contributed by atoms with Crippen LogP contribution in [0.3, 0.4) is 0 Å². The molecule has 1 unspecified atom stereocenters. The molecule has 92 valence electrons. The Labute approximate surface area is 108 Å². The molecule has 17 heavy (non-hydrogen) atoms. The predicted molar refractivity (Wildman–Crippen MR) is 73.2 cm³/mol. The predicted octanol–water partition coefficient (Wildman–Crippen LogP) is 2.99. The molecule has 0 spiro atoms. The van der Waals surface area contributed by atoms with Gasteiger partial charge in [0.05, 0.1) is 0 Å². The largest absolute Gasteiger partial charge is 0.329 e. The van der Waals surface area contributed by atoms with E-state index in [1.54, 1.807) is 0 Å². The lowest BCUT2D eigenvalue weighted by molar-refractivity contribution is 0.217. The van der Waals surface area contributed by atoms with Gasteiger partial charge in [-0.15, -0.1) is 0 Å². The minimum absolute atomic E-state index is 0.302. The van der Waals surface area contributed by atoms with E-state index < -0.39 is 0 Å². The van der Waals surface area contributed by atoms with E-state index >= 15 is 0 Å². The van der Waals surface area contributed by atoms with Crippen LogP contribution in [0.25, 0.3) is 0 Å². The molecule has 1 aromatic rings. The molecule has 0 radical (unpaired) electrons. The van der Waals surface area contributed by atoms with E-state index in [9.17, 15) is 0 Å². The lowest BCUT2D eigenvalue weighted by Crippen LogP contribution is -2.36. The van der Waals surface area contributed by atoms with Crippen LogP contribution in [0.4, 0.5) is 0 Å². The molecular weight excluding hydrogens is 232 g/mol. The van der Waals surface area contributed by atoms with Crippen LogP contribution in [0.15, 0.2) is 35.9 Å². The van der Waals surface area contributed by atoms with Crippen molar-refractivity contribution in [2.45, 2.75) is 19.4 Å². The molecule has 0 aliphatic carbocycles. The first kappa shape index (κ1) is 12.6. The molecule has 1 heterocycles. The average Bonchev–Trinajstić information content (AvgIpc) is 2.35. The van der Waals surface area contributed by atoms with Gasteiger partial charge in [-0.25, -0.2) is 0 Å². The Morgan fingerprint density at radius 1 is 1.35 bits per heavy atom. The maximum Gasteiger partial charge on any atom is 0.0473 e. The van der Waals surface area contributed by atoms with Crippen LogP contribution in [0.5, 0.6) is 0 Å². The standard InChI is InChI=1S/C14H19ClN2/c1-11-6-8-17(9-7-11)14(10-16)12-2-4-13(15)5-3-12/h2-6,14H,7-10,16H2,1H3. The lowest BCUT2D eigenvalue weighted by atomic mass is 10.0. The van der Waals surface area contributed by atoms with Gasteiger partial charge in [-0.2, -0.15) is 0 Å². The van der Waals surface area contributed by atoms with E-state index in [0.717, 1.165) is 24.5 Å². The number of nitrogens with two attached hydrogens (primary N) is 1. The van der Waals surface area contributed by atoms with Gasteiger partial charge in [-0.3, -0.25) is 4.90 Å². The van der Waals surface area contributed by atoms with Gasteiger partial charge in [0.2, 0.25) is 0 Å². The summed E-state index contributed by atoms with van der Waals surface area (Å²) in [6, 6.07) is 8.32. The molecule has 3 heteroatoms. The molecule has 0 saturated heterocycles. The highest BCUT2D eigenvalue weighted by molar-refractivity contribution is 6.30. The van der Waals surface area contributed by atoms with Crippen LogP contribution < -0.4 is 5.73 Å². The van der Waals surface area contributed by atoms with Crippen LogP contribution >= 0.6 is 11.6 Å². The molecule has 0 aromatic heterocycles. The van der Waals surface area contributed by atoms with Crippen molar-refractivity contribution in [3.8, 4) is 0 Å². The molecule has 2 N–H and O–H groups in total. The zero-order chi connectivity index (χ0) is 12.3. The van der Waals surface area contributed by atoms with Gasteiger partial charge in [-0.1, -0.05) is 35.4 Å². The quantitative estimate of drug-likeness (QED) is 0.836.